The summed E-state index contributed by atoms with van der Waals surface area (Å²) in [6.45, 7) is 4.08. The molecular weight excluding hydrogens is 528 g/mol. The van der Waals surface area contributed by atoms with E-state index < -0.39 is 0 Å². The maximum atomic E-state index is 6.54. The molecule has 0 bridgehead atoms. The van der Waals surface area contributed by atoms with Gasteiger partial charge in [-0.05, 0) is 61.4 Å². The van der Waals surface area contributed by atoms with E-state index in [0.717, 1.165) is 55.0 Å². The average Bonchev–Trinajstić information content (AvgIpc) is 3.56. The van der Waals surface area contributed by atoms with Crippen LogP contribution in [-0.4, -0.2) is 22.8 Å². The number of nitrogens with one attached hydrogen (secondary N) is 2. The van der Waals surface area contributed by atoms with Gasteiger partial charge in [0.15, 0.2) is 0 Å². The predicted molar refractivity (Wildman–Crippen MR) is 161 cm³/mol. The highest BCUT2D eigenvalue weighted by atomic mass is 35.5. The summed E-state index contributed by atoms with van der Waals surface area (Å²) in [4.78, 5) is 9.48. The van der Waals surface area contributed by atoms with Crippen molar-refractivity contribution in [2.45, 2.75) is 26.3 Å². The molecule has 1 aliphatic heterocycles. The molecule has 6 rings (SSSR count). The van der Waals surface area contributed by atoms with Gasteiger partial charge in [0, 0.05) is 11.8 Å². The number of pyridine rings is 1. The molecule has 3 heterocycles. The van der Waals surface area contributed by atoms with Crippen LogP contribution in [0.5, 0.6) is 5.75 Å². The number of halogens is 1. The number of aromatic nitrogens is 2. The minimum atomic E-state index is -0.128. The highest BCUT2D eigenvalue weighted by Gasteiger charge is 2.34. The first-order chi connectivity index (χ1) is 19.0. The zero-order valence-electron chi connectivity index (χ0n) is 21.8. The Morgan fingerprint density at radius 2 is 1.74 bits per heavy atom. The summed E-state index contributed by atoms with van der Waals surface area (Å²) >= 11 is 8.09. The van der Waals surface area contributed by atoms with Crippen molar-refractivity contribution in [2.24, 2.45) is 5.10 Å². The number of benzene rings is 3. The van der Waals surface area contributed by atoms with E-state index in [4.69, 9.17) is 26.4 Å². The number of hydrogen-bond acceptors (Lipinski definition) is 8. The molecule has 2 aromatic heterocycles. The molecular formula is C30H27ClN6OS. The van der Waals surface area contributed by atoms with E-state index in [1.54, 1.807) is 18.4 Å². The van der Waals surface area contributed by atoms with E-state index in [0.29, 0.717) is 11.6 Å². The van der Waals surface area contributed by atoms with Crippen molar-refractivity contribution in [1.29, 1.82) is 0 Å². The monoisotopic (exact) mass is 554 g/mol. The molecule has 7 nitrogen and oxygen atoms in total. The number of fused-ring (bicyclic) bond motifs is 1. The topological polar surface area (TPSA) is 74.7 Å². The largest absolute Gasteiger partial charge is 0.497 e. The Labute approximate surface area is 236 Å². The Kier molecular flexibility index (Phi) is 6.81. The number of para-hydroxylation sites is 1. The van der Waals surface area contributed by atoms with Gasteiger partial charge in [0.2, 0.25) is 5.13 Å². The van der Waals surface area contributed by atoms with Crippen LogP contribution >= 0.6 is 22.9 Å². The normalized spacial score (nSPS) is 14.9. The molecule has 0 fully saturated rings. The maximum Gasteiger partial charge on any atom is 0.208 e. The van der Waals surface area contributed by atoms with E-state index in [-0.39, 0.29) is 6.04 Å². The Morgan fingerprint density at radius 3 is 2.51 bits per heavy atom. The lowest BCUT2D eigenvalue weighted by Crippen LogP contribution is -2.19. The van der Waals surface area contributed by atoms with Gasteiger partial charge in [0.1, 0.15) is 15.9 Å². The fourth-order valence-corrected chi connectivity index (χ4v) is 5.83. The van der Waals surface area contributed by atoms with Gasteiger partial charge in [-0.3, -0.25) is 5.43 Å². The number of ether oxygens (including phenoxy) is 1. The fourth-order valence-electron chi connectivity index (χ4n) is 4.70. The first kappa shape index (κ1) is 25.2. The van der Waals surface area contributed by atoms with Crippen LogP contribution in [-0.2, 0) is 0 Å². The van der Waals surface area contributed by atoms with Crippen LogP contribution in [0.3, 0.4) is 0 Å². The van der Waals surface area contributed by atoms with Crippen molar-refractivity contribution in [3.8, 4) is 5.75 Å². The summed E-state index contributed by atoms with van der Waals surface area (Å²) in [5, 5.41) is 10.3. The molecule has 1 unspecified atom stereocenters. The lowest BCUT2D eigenvalue weighted by Gasteiger charge is -2.23. The minimum absolute atomic E-state index is 0.128. The molecule has 39 heavy (non-hydrogen) atoms. The summed E-state index contributed by atoms with van der Waals surface area (Å²) in [7, 11) is 1.67. The quantitative estimate of drug-likeness (QED) is 0.158. The van der Waals surface area contributed by atoms with Gasteiger partial charge in [-0.1, -0.05) is 71.0 Å². The Bertz CT molecular complexity index is 1670. The lowest BCUT2D eigenvalue weighted by molar-refractivity contribution is 0.415. The predicted octanol–water partition coefficient (Wildman–Crippen LogP) is 7.76. The number of anilines is 3. The van der Waals surface area contributed by atoms with E-state index in [2.05, 4.69) is 47.0 Å². The fraction of sp³-hybridized carbons (Fsp3) is 0.167. The van der Waals surface area contributed by atoms with Crippen molar-refractivity contribution in [1.82, 2.24) is 9.97 Å². The van der Waals surface area contributed by atoms with Gasteiger partial charge in [0.25, 0.3) is 0 Å². The number of hydrogen-bond donors (Lipinski definition) is 2. The van der Waals surface area contributed by atoms with Crippen LogP contribution in [0.2, 0.25) is 5.15 Å². The molecule has 2 N–H and O–H groups in total. The van der Waals surface area contributed by atoms with Crippen molar-refractivity contribution in [3.05, 3.63) is 106 Å². The van der Waals surface area contributed by atoms with Crippen LogP contribution in [0.25, 0.3) is 10.9 Å². The molecule has 0 saturated heterocycles. The van der Waals surface area contributed by atoms with Crippen molar-refractivity contribution in [3.63, 3.8) is 0 Å². The van der Waals surface area contributed by atoms with Crippen LogP contribution in [0.1, 0.15) is 34.8 Å². The van der Waals surface area contributed by atoms with Crippen LogP contribution in [0.15, 0.2) is 84.0 Å². The molecule has 0 radical (unpaired) electrons. The lowest BCUT2D eigenvalue weighted by atomic mass is 9.95. The molecule has 196 valence electrons. The van der Waals surface area contributed by atoms with Crippen molar-refractivity contribution < 1.29 is 4.74 Å². The van der Waals surface area contributed by atoms with E-state index in [1.807, 2.05) is 66.5 Å². The molecule has 3 aromatic carbocycles. The molecule has 9 heteroatoms. The number of aryl methyl sites for hydroxylation is 2. The second kappa shape index (κ2) is 10.6. The third-order valence-electron chi connectivity index (χ3n) is 6.75. The number of hydrazone groups is 1. The average molecular weight is 555 g/mol. The summed E-state index contributed by atoms with van der Waals surface area (Å²) in [5.74, 6) is 0.765. The van der Waals surface area contributed by atoms with Gasteiger partial charge >= 0.3 is 0 Å². The van der Waals surface area contributed by atoms with Gasteiger partial charge in [0.05, 0.1) is 35.8 Å². The number of methoxy groups -OCH3 is 1. The maximum absolute atomic E-state index is 6.54. The van der Waals surface area contributed by atoms with Gasteiger partial charge < -0.3 is 10.2 Å². The van der Waals surface area contributed by atoms with Gasteiger partial charge in [-0.15, -0.1) is 0 Å². The molecule has 0 aliphatic carbocycles. The number of rotatable bonds is 7. The SMILES string of the molecule is COc1ccc2nc(Cl)cc(C3CC(c4ccc(C)cc4)=NN3c3nc(C)c(NNc4ccccc4)s3)c2c1. The Balaban J connectivity index is 1.42. The highest BCUT2D eigenvalue weighted by Crippen LogP contribution is 2.43. The summed E-state index contributed by atoms with van der Waals surface area (Å²) in [6.07, 6.45) is 0.694. The molecule has 5 aromatic rings. The van der Waals surface area contributed by atoms with E-state index >= 15 is 0 Å². The standard InChI is InChI=1S/C30H27ClN6OS/c1-18-9-11-20(12-10-18)26-17-27(24-16-28(31)33-25-14-13-22(38-3)15-23(24)25)37(36-26)30-32-19(2)29(39-30)35-34-21-7-5-4-6-8-21/h4-16,27,34-35H,17H2,1-3H3. The van der Waals surface area contributed by atoms with Crippen molar-refractivity contribution in [2.75, 3.05) is 23.0 Å². The summed E-state index contributed by atoms with van der Waals surface area (Å²) in [5.41, 5.74) is 13.6. The van der Waals surface area contributed by atoms with Crippen molar-refractivity contribution >= 4 is 55.4 Å². The third-order valence-corrected chi connectivity index (χ3v) is 8.00. The number of thiazole rings is 1. The Morgan fingerprint density at radius 1 is 0.949 bits per heavy atom. The molecule has 0 spiro atoms. The highest BCUT2D eigenvalue weighted by molar-refractivity contribution is 7.19. The zero-order chi connectivity index (χ0) is 26.9. The molecule has 1 atom stereocenters. The van der Waals surface area contributed by atoms with Crippen LogP contribution in [0.4, 0.5) is 15.8 Å². The van der Waals surface area contributed by atoms with Gasteiger partial charge in [-0.2, -0.15) is 5.10 Å². The number of hydrazine groups is 1. The zero-order valence-corrected chi connectivity index (χ0v) is 23.3. The molecule has 1 aliphatic rings. The second-order valence-corrected chi connectivity index (χ2v) is 10.8. The third kappa shape index (κ3) is 5.13. The molecule has 0 amide bonds. The first-order valence-electron chi connectivity index (χ1n) is 12.6. The van der Waals surface area contributed by atoms with Crippen LogP contribution < -0.4 is 20.6 Å². The summed E-state index contributed by atoms with van der Waals surface area (Å²) in [6, 6.07) is 26.1. The van der Waals surface area contributed by atoms with Gasteiger partial charge in [-0.25, -0.2) is 15.0 Å². The Hall–Kier alpha value is -4.14. The van der Waals surface area contributed by atoms with Crippen LogP contribution in [0, 0.1) is 13.8 Å². The van der Waals surface area contributed by atoms with E-state index in [1.165, 1.54) is 5.56 Å². The minimum Gasteiger partial charge on any atom is -0.497 e. The smallest absolute Gasteiger partial charge is 0.208 e. The first-order valence-corrected chi connectivity index (χ1v) is 13.8. The van der Waals surface area contributed by atoms with E-state index in [9.17, 15) is 0 Å². The molecule has 0 saturated carbocycles. The summed E-state index contributed by atoms with van der Waals surface area (Å²) < 4.78 is 5.54. The second-order valence-electron chi connectivity index (χ2n) is 9.42. The number of nitrogens with zero attached hydrogens (tertiary/aromatic N) is 4.